The van der Waals surface area contributed by atoms with Crippen LogP contribution in [0.3, 0.4) is 0 Å². The Balaban J connectivity index is 1.91. The fraction of sp³-hybridized carbons (Fsp3) is 0.167. The minimum Gasteiger partial charge on any atom is -0.379 e. The lowest BCUT2D eigenvalue weighted by Gasteiger charge is -2.05. The van der Waals surface area contributed by atoms with E-state index in [0.717, 1.165) is 10.6 Å². The van der Waals surface area contributed by atoms with Gasteiger partial charge in [-0.1, -0.05) is 0 Å². The molecule has 8 heteroatoms. The zero-order valence-corrected chi connectivity index (χ0v) is 11.8. The van der Waals surface area contributed by atoms with Crippen molar-refractivity contribution in [2.75, 3.05) is 5.32 Å². The Morgan fingerprint density at radius 3 is 2.85 bits per heavy atom. The molecule has 0 aliphatic carbocycles. The summed E-state index contributed by atoms with van der Waals surface area (Å²) in [7, 11) is 0. The smallest absolute Gasteiger partial charge is 0.290 e. The quantitative estimate of drug-likeness (QED) is 0.804. The average molecular weight is 315 g/mol. The second-order valence-corrected chi connectivity index (χ2v) is 5.79. The van der Waals surface area contributed by atoms with Gasteiger partial charge in [0.15, 0.2) is 0 Å². The Morgan fingerprint density at radius 2 is 2.30 bits per heavy atom. The first kappa shape index (κ1) is 14.7. The van der Waals surface area contributed by atoms with Crippen molar-refractivity contribution >= 4 is 34.7 Å². The third-order valence-corrected chi connectivity index (χ3v) is 3.95. The van der Waals surface area contributed by atoms with Crippen LogP contribution in [0.2, 0.25) is 0 Å². The molecule has 0 saturated carbocycles. The molecular weight excluding hydrogens is 304 g/mol. The van der Waals surface area contributed by atoms with E-state index in [9.17, 15) is 13.6 Å². The van der Waals surface area contributed by atoms with Gasteiger partial charge in [-0.05, 0) is 30.0 Å². The van der Waals surface area contributed by atoms with Crippen LogP contribution in [0.1, 0.15) is 15.2 Å². The number of carbonyl (C=O) groups is 1. The highest BCUT2D eigenvalue weighted by Crippen LogP contribution is 2.24. The first-order chi connectivity index (χ1) is 9.54. The van der Waals surface area contributed by atoms with Gasteiger partial charge in [0.1, 0.15) is 5.03 Å². The normalized spacial score (nSPS) is 10.8. The summed E-state index contributed by atoms with van der Waals surface area (Å²) < 4.78 is 24.3. The van der Waals surface area contributed by atoms with E-state index in [1.807, 2.05) is 0 Å². The predicted molar refractivity (Wildman–Crippen MR) is 76.3 cm³/mol. The van der Waals surface area contributed by atoms with Gasteiger partial charge in [0, 0.05) is 16.8 Å². The number of nitrogens with zero attached hydrogens (tertiary/aromatic N) is 1. The Morgan fingerprint density at radius 1 is 1.50 bits per heavy atom. The fourth-order valence-corrected chi connectivity index (χ4v) is 2.69. The molecule has 0 aliphatic rings. The number of carbonyl (C=O) groups excluding carboxylic acids is 1. The average Bonchev–Trinajstić information content (AvgIpc) is 2.86. The van der Waals surface area contributed by atoms with Crippen LogP contribution in [0.5, 0.6) is 0 Å². The molecule has 0 radical (unpaired) electrons. The maximum atomic E-state index is 12.1. The van der Waals surface area contributed by atoms with Gasteiger partial charge in [0.2, 0.25) is 5.91 Å². The number of halogens is 2. The third-order valence-electron chi connectivity index (χ3n) is 2.35. The third kappa shape index (κ3) is 4.17. The number of thioether (sulfide) groups is 1. The van der Waals surface area contributed by atoms with Gasteiger partial charge < -0.3 is 11.1 Å². The first-order valence-electron chi connectivity index (χ1n) is 5.56. The van der Waals surface area contributed by atoms with E-state index < -0.39 is 11.7 Å². The van der Waals surface area contributed by atoms with Crippen molar-refractivity contribution in [3.63, 3.8) is 0 Å². The van der Waals surface area contributed by atoms with Crippen molar-refractivity contribution in [2.45, 2.75) is 17.3 Å². The van der Waals surface area contributed by atoms with Crippen LogP contribution in [-0.4, -0.2) is 16.6 Å². The van der Waals surface area contributed by atoms with Crippen LogP contribution in [0, 0.1) is 0 Å². The maximum absolute atomic E-state index is 12.1. The molecule has 0 aliphatic heterocycles. The zero-order chi connectivity index (χ0) is 14.5. The second kappa shape index (κ2) is 6.67. The van der Waals surface area contributed by atoms with Gasteiger partial charge in [-0.25, -0.2) is 4.98 Å². The number of amides is 1. The number of nitrogens with two attached hydrogens (primary N) is 1. The molecule has 2 rings (SSSR count). The Bertz CT molecular complexity index is 587. The molecule has 106 valence electrons. The molecule has 0 spiro atoms. The van der Waals surface area contributed by atoms with Crippen LogP contribution in [-0.2, 0) is 6.54 Å². The summed E-state index contributed by atoms with van der Waals surface area (Å²) in [6, 6.07) is 4.93. The van der Waals surface area contributed by atoms with E-state index in [1.165, 1.54) is 23.6 Å². The molecule has 1 amide bonds. The maximum Gasteiger partial charge on any atom is 0.290 e. The van der Waals surface area contributed by atoms with Crippen molar-refractivity contribution in [1.29, 1.82) is 0 Å². The summed E-state index contributed by atoms with van der Waals surface area (Å²) in [6.45, 7) is 0.515. The van der Waals surface area contributed by atoms with Crippen LogP contribution >= 0.6 is 23.1 Å². The van der Waals surface area contributed by atoms with Gasteiger partial charge in [-0.15, -0.1) is 11.3 Å². The molecule has 0 bridgehead atoms. The lowest BCUT2D eigenvalue weighted by molar-refractivity contribution is 0.100. The van der Waals surface area contributed by atoms with E-state index in [-0.39, 0.29) is 5.03 Å². The van der Waals surface area contributed by atoms with Crippen molar-refractivity contribution in [2.24, 2.45) is 5.73 Å². The first-order valence-corrected chi connectivity index (χ1v) is 7.32. The lowest BCUT2D eigenvalue weighted by Crippen LogP contribution is -2.09. The molecule has 3 N–H and O–H groups in total. The number of thiophene rings is 1. The highest BCUT2D eigenvalue weighted by atomic mass is 32.2. The summed E-state index contributed by atoms with van der Waals surface area (Å²) in [5.74, 6) is -2.93. The highest BCUT2D eigenvalue weighted by molar-refractivity contribution is 7.99. The molecular formula is C12H11F2N3OS2. The van der Waals surface area contributed by atoms with E-state index in [0.29, 0.717) is 23.9 Å². The zero-order valence-electron chi connectivity index (χ0n) is 10.2. The number of rotatable bonds is 6. The molecule has 2 heterocycles. The van der Waals surface area contributed by atoms with E-state index in [1.54, 1.807) is 17.5 Å². The van der Waals surface area contributed by atoms with Crippen LogP contribution in [0.15, 0.2) is 34.8 Å². The molecule has 0 unspecified atom stereocenters. The van der Waals surface area contributed by atoms with Gasteiger partial charge in [0.25, 0.3) is 5.76 Å². The number of anilines is 1. The molecule has 4 nitrogen and oxygen atoms in total. The van der Waals surface area contributed by atoms with Gasteiger partial charge >= 0.3 is 0 Å². The van der Waals surface area contributed by atoms with Crippen molar-refractivity contribution in [3.05, 3.63) is 40.2 Å². The molecule has 2 aromatic heterocycles. The summed E-state index contributed by atoms with van der Waals surface area (Å²) in [6.07, 6.45) is 1.49. The van der Waals surface area contributed by atoms with Gasteiger partial charge in [-0.2, -0.15) is 8.78 Å². The predicted octanol–water partition coefficient (Wildman–Crippen LogP) is 3.17. The number of primary amides is 1. The minimum absolute atomic E-state index is 0.276. The molecule has 0 aromatic carbocycles. The van der Waals surface area contributed by atoms with E-state index in [4.69, 9.17) is 5.73 Å². The van der Waals surface area contributed by atoms with Crippen LogP contribution in [0.4, 0.5) is 14.5 Å². The molecule has 2 aromatic rings. The Hall–Kier alpha value is -1.67. The van der Waals surface area contributed by atoms with Crippen LogP contribution < -0.4 is 11.1 Å². The summed E-state index contributed by atoms with van der Waals surface area (Å²) in [5.41, 5.74) is 6.36. The van der Waals surface area contributed by atoms with Crippen LogP contribution in [0.25, 0.3) is 0 Å². The molecule has 20 heavy (non-hydrogen) atoms. The minimum atomic E-state index is -2.47. The Kier molecular flexibility index (Phi) is 4.91. The molecule has 0 atom stereocenters. The van der Waals surface area contributed by atoms with Crippen molar-refractivity contribution in [1.82, 2.24) is 4.98 Å². The lowest BCUT2D eigenvalue weighted by atomic mass is 10.3. The number of pyridine rings is 1. The molecule has 0 saturated heterocycles. The highest BCUT2D eigenvalue weighted by Gasteiger charge is 2.07. The molecule has 0 fully saturated rings. The second-order valence-electron chi connectivity index (χ2n) is 3.78. The SMILES string of the molecule is NC(=O)c1csc(CNc2ccc(SC(F)F)nc2)c1. The largest absolute Gasteiger partial charge is 0.379 e. The van der Waals surface area contributed by atoms with Crippen molar-refractivity contribution in [3.8, 4) is 0 Å². The van der Waals surface area contributed by atoms with Crippen molar-refractivity contribution < 1.29 is 13.6 Å². The van der Waals surface area contributed by atoms with Gasteiger partial charge in [-0.3, -0.25) is 4.79 Å². The van der Waals surface area contributed by atoms with Gasteiger partial charge in [0.05, 0.1) is 17.4 Å². The number of hydrogen-bond acceptors (Lipinski definition) is 5. The number of nitrogens with one attached hydrogen (secondary N) is 1. The Labute approximate surface area is 122 Å². The van der Waals surface area contributed by atoms with E-state index >= 15 is 0 Å². The summed E-state index contributed by atoms with van der Waals surface area (Å²) in [5, 5.41) is 5.06. The standard InChI is InChI=1S/C12H11F2N3OS2/c13-12(14)20-10-2-1-8(4-17-10)16-5-9-3-7(6-19-9)11(15)18/h1-4,6,12,16H,5H2,(H2,15,18). The number of alkyl halides is 2. The summed E-state index contributed by atoms with van der Waals surface area (Å²) >= 11 is 1.83. The monoisotopic (exact) mass is 315 g/mol. The summed E-state index contributed by atoms with van der Waals surface area (Å²) in [4.78, 5) is 15.8. The fourth-order valence-electron chi connectivity index (χ4n) is 1.44. The number of hydrogen-bond donors (Lipinski definition) is 2. The van der Waals surface area contributed by atoms with E-state index in [2.05, 4.69) is 10.3 Å². The topological polar surface area (TPSA) is 68.0 Å². The number of aromatic nitrogens is 1.